The van der Waals surface area contributed by atoms with Gasteiger partial charge in [0, 0.05) is 17.7 Å². The number of aliphatic imine (C=N–C) groups is 1. The van der Waals surface area contributed by atoms with Crippen LogP contribution in [0.3, 0.4) is 0 Å². The maximum atomic E-state index is 10.9. The summed E-state index contributed by atoms with van der Waals surface area (Å²) in [5, 5.41) is 13.3. The van der Waals surface area contributed by atoms with Crippen molar-refractivity contribution in [1.82, 2.24) is 0 Å². The Hall–Kier alpha value is -2.70. The molecule has 0 aliphatic carbocycles. The number of rotatable bonds is 6. The van der Waals surface area contributed by atoms with Crippen LogP contribution < -0.4 is 5.32 Å². The summed E-state index contributed by atoms with van der Waals surface area (Å²) in [4.78, 5) is 24.8. The van der Waals surface area contributed by atoms with E-state index in [1.165, 1.54) is 14.2 Å². The maximum Gasteiger partial charge on any atom is 0.309 e. The lowest BCUT2D eigenvalue weighted by Crippen LogP contribution is -2.22. The molecule has 0 radical (unpaired) electrons. The summed E-state index contributed by atoms with van der Waals surface area (Å²) in [5.74, 6) is -0.0119. The highest BCUT2D eigenvalue weighted by Crippen LogP contribution is 2.11. The van der Waals surface area contributed by atoms with Crippen LogP contribution in [-0.4, -0.2) is 37.4 Å². The van der Waals surface area contributed by atoms with Crippen LogP contribution in [0.25, 0.3) is 6.08 Å². The van der Waals surface area contributed by atoms with Crippen LogP contribution in [0.4, 0.5) is 5.69 Å². The van der Waals surface area contributed by atoms with Gasteiger partial charge in [0.2, 0.25) is 0 Å². The van der Waals surface area contributed by atoms with Crippen LogP contribution in [0.5, 0.6) is 0 Å². The highest BCUT2D eigenvalue weighted by Gasteiger charge is 2.06. The predicted molar refractivity (Wildman–Crippen MR) is 81.0 cm³/mol. The van der Waals surface area contributed by atoms with Gasteiger partial charge in [-0.3, -0.25) is 19.9 Å². The van der Waals surface area contributed by atoms with Crippen LogP contribution in [-0.2, 0) is 9.53 Å². The fourth-order valence-corrected chi connectivity index (χ4v) is 1.51. The van der Waals surface area contributed by atoms with Crippen molar-refractivity contribution in [2.75, 3.05) is 26.0 Å². The number of nitrogens with one attached hydrogen (secondary N) is 1. The van der Waals surface area contributed by atoms with Crippen molar-refractivity contribution < 1.29 is 14.5 Å². The van der Waals surface area contributed by atoms with E-state index >= 15 is 0 Å². The third-order valence-electron chi connectivity index (χ3n) is 2.57. The van der Waals surface area contributed by atoms with Gasteiger partial charge in [-0.1, -0.05) is 24.3 Å². The average Bonchev–Trinajstić information content (AvgIpc) is 2.47. The zero-order chi connectivity index (χ0) is 15.7. The molecule has 112 valence electrons. The molecule has 0 heterocycles. The molecule has 0 fully saturated rings. The predicted octanol–water partition coefficient (Wildman–Crippen LogP) is 1.98. The summed E-state index contributed by atoms with van der Waals surface area (Å²) in [6.07, 6.45) is 3.72. The number of benzene rings is 1. The monoisotopic (exact) mass is 291 g/mol. The first kappa shape index (κ1) is 16.4. The zero-order valence-electron chi connectivity index (χ0n) is 11.9. The Morgan fingerprint density at radius 2 is 2.10 bits per heavy atom. The van der Waals surface area contributed by atoms with E-state index in [2.05, 4.69) is 15.0 Å². The number of methoxy groups -OCH3 is 1. The van der Waals surface area contributed by atoms with Crippen LogP contribution in [0.2, 0.25) is 0 Å². The number of hydrogen-bond acceptors (Lipinski definition) is 5. The Balaban J connectivity index is 2.61. The molecular weight excluding hydrogens is 274 g/mol. The maximum absolute atomic E-state index is 10.9. The molecule has 0 saturated heterocycles. The summed E-state index contributed by atoms with van der Waals surface area (Å²) in [7, 11) is 2.84. The molecule has 0 aliphatic rings. The normalized spacial score (nSPS) is 11.4. The lowest BCUT2D eigenvalue weighted by Gasteiger charge is -2.06. The van der Waals surface area contributed by atoms with Gasteiger partial charge < -0.3 is 10.1 Å². The Morgan fingerprint density at radius 3 is 2.62 bits per heavy atom. The van der Waals surface area contributed by atoms with Crippen molar-refractivity contribution >= 4 is 23.6 Å². The Kier molecular flexibility index (Phi) is 6.59. The molecule has 1 N–H and O–H groups in total. The third-order valence-corrected chi connectivity index (χ3v) is 2.57. The first-order valence-corrected chi connectivity index (χ1v) is 6.23. The molecule has 0 aliphatic heterocycles. The lowest BCUT2D eigenvalue weighted by molar-refractivity contribution is -0.463. The molecule has 0 aromatic heterocycles. The largest absolute Gasteiger partial charge is 0.469 e. The van der Waals surface area contributed by atoms with Crippen molar-refractivity contribution in [3.63, 3.8) is 0 Å². The molecule has 0 amide bonds. The second-order valence-corrected chi connectivity index (χ2v) is 4.09. The minimum absolute atomic E-state index is 0.214. The van der Waals surface area contributed by atoms with Crippen molar-refractivity contribution in [2.24, 2.45) is 4.99 Å². The summed E-state index contributed by atoms with van der Waals surface area (Å²) in [6, 6.07) is 7.22. The van der Waals surface area contributed by atoms with Crippen LogP contribution >= 0.6 is 0 Å². The number of nitro groups is 1. The molecule has 0 saturated carbocycles. The van der Waals surface area contributed by atoms with Gasteiger partial charge in [0.1, 0.15) is 0 Å². The quantitative estimate of drug-likeness (QED) is 0.284. The number of hydrogen-bond donors (Lipinski definition) is 1. The fraction of sp³-hybridized carbons (Fsp3) is 0.286. The molecule has 1 aromatic rings. The van der Waals surface area contributed by atoms with Gasteiger partial charge in [-0.25, -0.2) is 0 Å². The minimum Gasteiger partial charge on any atom is -0.469 e. The van der Waals surface area contributed by atoms with Gasteiger partial charge in [-0.15, -0.1) is 0 Å². The van der Waals surface area contributed by atoms with Crippen LogP contribution in [0.15, 0.2) is 35.3 Å². The van der Waals surface area contributed by atoms with E-state index in [0.29, 0.717) is 5.69 Å². The van der Waals surface area contributed by atoms with Crippen LogP contribution in [0.1, 0.15) is 12.0 Å². The van der Waals surface area contributed by atoms with Gasteiger partial charge >= 0.3 is 5.97 Å². The van der Waals surface area contributed by atoms with Gasteiger partial charge in [-0.05, 0) is 17.7 Å². The molecule has 1 rings (SSSR count). The fourth-order valence-electron chi connectivity index (χ4n) is 1.51. The Morgan fingerprint density at radius 1 is 1.43 bits per heavy atom. The van der Waals surface area contributed by atoms with Crippen molar-refractivity contribution in [1.29, 1.82) is 0 Å². The van der Waals surface area contributed by atoms with Gasteiger partial charge in [0.05, 0.1) is 13.5 Å². The van der Waals surface area contributed by atoms with E-state index in [1.54, 1.807) is 24.3 Å². The second-order valence-electron chi connectivity index (χ2n) is 4.09. The highest BCUT2D eigenvalue weighted by molar-refractivity contribution is 5.96. The molecule has 21 heavy (non-hydrogen) atoms. The number of nitrogens with zero attached hydrogens (tertiary/aromatic N) is 2. The number of carbonyl (C=O) groups excluding carboxylic acids is 1. The molecule has 7 heteroatoms. The molecular formula is C14H17N3O4. The van der Waals surface area contributed by atoms with Gasteiger partial charge in [0.25, 0.3) is 6.54 Å². The van der Waals surface area contributed by atoms with Crippen molar-refractivity contribution in [3.8, 4) is 0 Å². The summed E-state index contributed by atoms with van der Waals surface area (Å²) in [6.45, 7) is -0.350. The second kappa shape index (κ2) is 8.47. The first-order chi connectivity index (χ1) is 10.0. The molecule has 0 bridgehead atoms. The van der Waals surface area contributed by atoms with E-state index < -0.39 is 4.92 Å². The molecule has 0 atom stereocenters. The topological polar surface area (TPSA) is 93.8 Å². The molecule has 7 nitrogen and oxygen atoms in total. The lowest BCUT2D eigenvalue weighted by atomic mass is 10.2. The third kappa shape index (κ3) is 6.33. The number of ether oxygens (including phenoxy) is 1. The van der Waals surface area contributed by atoms with Gasteiger partial charge in [0.15, 0.2) is 5.84 Å². The standard InChI is InChI=1S/C14H17N3O4/c1-15-13(10-17(19)20)16-12-8-6-11(7-9-12)4-3-5-14(18)21-2/h3-4,6-9H,5,10H2,1-2H3,(H,15,16). The van der Waals surface area contributed by atoms with Crippen molar-refractivity contribution in [3.05, 3.63) is 46.0 Å². The van der Waals surface area contributed by atoms with E-state index in [4.69, 9.17) is 0 Å². The Bertz CT molecular complexity index is 550. The van der Waals surface area contributed by atoms with Gasteiger partial charge in [-0.2, -0.15) is 0 Å². The number of carbonyl (C=O) groups is 1. The smallest absolute Gasteiger partial charge is 0.309 e. The summed E-state index contributed by atoms with van der Waals surface area (Å²) in [5.41, 5.74) is 1.62. The summed E-state index contributed by atoms with van der Waals surface area (Å²) >= 11 is 0. The number of esters is 1. The van der Waals surface area contributed by atoms with E-state index in [9.17, 15) is 14.9 Å². The van der Waals surface area contributed by atoms with E-state index in [1.807, 2.05) is 12.1 Å². The molecule has 1 aromatic carbocycles. The average molecular weight is 291 g/mol. The van der Waals surface area contributed by atoms with E-state index in [-0.39, 0.29) is 24.8 Å². The number of amidine groups is 1. The SMILES string of the molecule is CN=C(C[N+](=O)[O-])Nc1ccc(C=CCC(=O)OC)cc1. The van der Waals surface area contributed by atoms with Crippen molar-refractivity contribution in [2.45, 2.75) is 6.42 Å². The van der Waals surface area contributed by atoms with Crippen LogP contribution in [0, 0.1) is 10.1 Å². The molecule has 0 spiro atoms. The highest BCUT2D eigenvalue weighted by atomic mass is 16.6. The first-order valence-electron chi connectivity index (χ1n) is 6.23. The summed E-state index contributed by atoms with van der Waals surface area (Å²) < 4.78 is 4.53. The number of anilines is 1. The minimum atomic E-state index is -0.445. The van der Waals surface area contributed by atoms with E-state index in [0.717, 1.165) is 5.56 Å². The zero-order valence-corrected chi connectivity index (χ0v) is 11.9. The Labute approximate surface area is 122 Å². The molecule has 0 unspecified atom stereocenters.